The minimum Gasteiger partial charge on any atom is -0.379 e. The molecule has 3 heterocycles. The Bertz CT molecular complexity index is 976. The monoisotopic (exact) mass is 435 g/mol. The predicted octanol–water partition coefficient (Wildman–Crippen LogP) is 1.82. The molecule has 7 nitrogen and oxygen atoms in total. The molecule has 2 amide bonds. The van der Waals surface area contributed by atoms with Crippen LogP contribution in [0.4, 0.5) is 5.69 Å². The molecule has 0 radical (unpaired) electrons. The zero-order chi connectivity index (χ0) is 22.0. The lowest BCUT2D eigenvalue weighted by Gasteiger charge is -2.26. The number of carbonyl (C=O) groups excluding carboxylic acids is 2. The maximum Gasteiger partial charge on any atom is 0.258 e. The van der Waals surface area contributed by atoms with Gasteiger partial charge in [0.05, 0.1) is 19.8 Å². The molecule has 168 valence electrons. The van der Waals surface area contributed by atoms with Gasteiger partial charge in [-0.05, 0) is 30.2 Å². The van der Waals surface area contributed by atoms with Crippen LogP contribution >= 0.6 is 0 Å². The lowest BCUT2D eigenvalue weighted by atomic mass is 9.80. The number of para-hydroxylation sites is 1. The van der Waals surface area contributed by atoms with E-state index in [1.54, 1.807) is 0 Å². The molecule has 2 fully saturated rings. The fraction of sp³-hybridized carbons (Fsp3) is 0.440. The summed E-state index contributed by atoms with van der Waals surface area (Å²) in [5.74, 6) is -0.0891. The number of nitrogens with zero attached hydrogens (tertiary/aromatic N) is 2. The average molecular weight is 436 g/mol. The van der Waals surface area contributed by atoms with Crippen molar-refractivity contribution in [3.05, 3.63) is 65.7 Å². The average Bonchev–Trinajstić information content (AvgIpc) is 3.42. The van der Waals surface area contributed by atoms with Crippen LogP contribution in [0.25, 0.3) is 0 Å². The first-order valence-electron chi connectivity index (χ1n) is 11.3. The van der Waals surface area contributed by atoms with Crippen LogP contribution in [0.2, 0.25) is 0 Å². The first kappa shape index (κ1) is 21.1. The number of rotatable bonds is 5. The van der Waals surface area contributed by atoms with Crippen LogP contribution in [0.5, 0.6) is 0 Å². The number of nitrogens with one attached hydrogen (secondary N) is 1. The number of hydrogen-bond acceptors (Lipinski definition) is 5. The summed E-state index contributed by atoms with van der Waals surface area (Å²) >= 11 is 0. The molecule has 2 atom stereocenters. The molecule has 3 aliphatic rings. The van der Waals surface area contributed by atoms with Crippen molar-refractivity contribution in [1.29, 1.82) is 0 Å². The highest BCUT2D eigenvalue weighted by molar-refractivity contribution is 6.07. The third kappa shape index (κ3) is 4.03. The highest BCUT2D eigenvalue weighted by atomic mass is 16.5. The summed E-state index contributed by atoms with van der Waals surface area (Å²) in [6, 6.07) is 17.3. The van der Waals surface area contributed by atoms with Gasteiger partial charge >= 0.3 is 0 Å². The summed E-state index contributed by atoms with van der Waals surface area (Å²) in [5, 5.41) is 3.04. The minimum atomic E-state index is -0.500. The van der Waals surface area contributed by atoms with Gasteiger partial charge in [-0.3, -0.25) is 14.5 Å². The van der Waals surface area contributed by atoms with E-state index in [1.807, 2.05) is 53.4 Å². The van der Waals surface area contributed by atoms with Crippen molar-refractivity contribution < 1.29 is 19.1 Å². The molecule has 5 rings (SSSR count). The van der Waals surface area contributed by atoms with E-state index in [4.69, 9.17) is 9.47 Å². The molecule has 1 spiro atoms. The quantitative estimate of drug-likeness (QED) is 0.776. The van der Waals surface area contributed by atoms with E-state index in [2.05, 4.69) is 16.3 Å². The van der Waals surface area contributed by atoms with E-state index in [-0.39, 0.29) is 17.2 Å². The maximum atomic E-state index is 13.2. The van der Waals surface area contributed by atoms with Crippen molar-refractivity contribution in [3.63, 3.8) is 0 Å². The smallest absolute Gasteiger partial charge is 0.258 e. The van der Waals surface area contributed by atoms with Crippen molar-refractivity contribution in [3.8, 4) is 0 Å². The number of morpholine rings is 1. The van der Waals surface area contributed by atoms with E-state index in [0.29, 0.717) is 31.7 Å². The third-order valence-corrected chi connectivity index (χ3v) is 6.75. The number of fused-ring (bicyclic) bond motifs is 2. The van der Waals surface area contributed by atoms with Crippen LogP contribution in [-0.4, -0.2) is 75.4 Å². The van der Waals surface area contributed by atoms with Crippen LogP contribution in [-0.2, 0) is 19.7 Å². The van der Waals surface area contributed by atoms with Crippen molar-refractivity contribution in [2.24, 2.45) is 0 Å². The molecule has 0 bridgehead atoms. The first-order valence-corrected chi connectivity index (χ1v) is 11.3. The molecule has 2 aromatic carbocycles. The van der Waals surface area contributed by atoms with Gasteiger partial charge in [0.2, 0.25) is 5.91 Å². The molecule has 32 heavy (non-hydrogen) atoms. The van der Waals surface area contributed by atoms with E-state index < -0.39 is 6.10 Å². The third-order valence-electron chi connectivity index (χ3n) is 6.75. The van der Waals surface area contributed by atoms with Gasteiger partial charge in [0.25, 0.3) is 5.91 Å². The number of carbonyl (C=O) groups is 2. The Morgan fingerprint density at radius 2 is 1.78 bits per heavy atom. The highest BCUT2D eigenvalue weighted by Gasteiger charge is 2.51. The molecular formula is C25H29N3O4. The Balaban J connectivity index is 1.26. The van der Waals surface area contributed by atoms with Gasteiger partial charge < -0.3 is 19.7 Å². The van der Waals surface area contributed by atoms with E-state index in [0.717, 1.165) is 44.1 Å². The van der Waals surface area contributed by atoms with Gasteiger partial charge in [0.15, 0.2) is 0 Å². The molecule has 3 aliphatic heterocycles. The van der Waals surface area contributed by atoms with Crippen molar-refractivity contribution in [2.45, 2.75) is 17.9 Å². The topological polar surface area (TPSA) is 71.1 Å². The SMILES string of the molecule is O=C(NCCN1CCOCC1)C1CC2(CO1)CN(C(=O)c1ccccc1)c1ccccc12. The number of anilines is 1. The summed E-state index contributed by atoms with van der Waals surface area (Å²) in [4.78, 5) is 30.2. The molecule has 2 unspecified atom stereocenters. The molecular weight excluding hydrogens is 406 g/mol. The second-order valence-electron chi connectivity index (χ2n) is 8.80. The van der Waals surface area contributed by atoms with E-state index in [1.165, 1.54) is 0 Å². The molecule has 0 saturated carbocycles. The highest BCUT2D eigenvalue weighted by Crippen LogP contribution is 2.47. The van der Waals surface area contributed by atoms with Crippen LogP contribution in [0.1, 0.15) is 22.3 Å². The van der Waals surface area contributed by atoms with E-state index >= 15 is 0 Å². The molecule has 2 saturated heterocycles. The Kier molecular flexibility index (Phi) is 5.95. The van der Waals surface area contributed by atoms with Crippen LogP contribution in [0.3, 0.4) is 0 Å². The fourth-order valence-electron chi connectivity index (χ4n) is 5.02. The second-order valence-corrected chi connectivity index (χ2v) is 8.80. The normalized spacial score (nSPS) is 25.1. The first-order chi connectivity index (χ1) is 15.7. The molecule has 2 aromatic rings. The number of hydrogen-bond donors (Lipinski definition) is 1. The number of ether oxygens (including phenoxy) is 2. The van der Waals surface area contributed by atoms with Gasteiger partial charge in [-0.2, -0.15) is 0 Å². The zero-order valence-corrected chi connectivity index (χ0v) is 18.2. The van der Waals surface area contributed by atoms with Crippen molar-refractivity contribution in [2.75, 3.05) is 57.4 Å². The minimum absolute atomic E-state index is 0.0201. The number of amides is 2. The lowest BCUT2D eigenvalue weighted by Crippen LogP contribution is -2.43. The standard InChI is InChI=1S/C25H29N3O4/c29-23(26-10-11-27-12-14-31-15-13-27)22-16-25(18-32-22)17-28(21-9-5-4-8-20(21)25)24(30)19-6-2-1-3-7-19/h1-9,22H,10-18H2,(H,26,29). The van der Waals surface area contributed by atoms with Gasteiger partial charge in [-0.25, -0.2) is 0 Å². The summed E-state index contributed by atoms with van der Waals surface area (Å²) in [6.07, 6.45) is 0.0749. The number of benzene rings is 2. The van der Waals surface area contributed by atoms with Crippen LogP contribution in [0, 0.1) is 0 Å². The van der Waals surface area contributed by atoms with Crippen LogP contribution in [0.15, 0.2) is 54.6 Å². The molecule has 1 N–H and O–H groups in total. The summed E-state index contributed by atoms with van der Waals surface area (Å²) < 4.78 is 11.4. The summed E-state index contributed by atoms with van der Waals surface area (Å²) in [5.41, 5.74) is 2.31. The predicted molar refractivity (Wildman–Crippen MR) is 121 cm³/mol. The second kappa shape index (κ2) is 9.02. The molecule has 0 aliphatic carbocycles. The molecule has 0 aromatic heterocycles. The summed E-state index contributed by atoms with van der Waals surface area (Å²) in [6.45, 7) is 5.68. The van der Waals surface area contributed by atoms with Gasteiger partial charge in [-0.15, -0.1) is 0 Å². The van der Waals surface area contributed by atoms with E-state index in [9.17, 15) is 9.59 Å². The van der Waals surface area contributed by atoms with Gasteiger partial charge in [0, 0.05) is 49.4 Å². The van der Waals surface area contributed by atoms with Crippen molar-refractivity contribution >= 4 is 17.5 Å². The maximum absolute atomic E-state index is 13.2. The van der Waals surface area contributed by atoms with Crippen molar-refractivity contribution in [1.82, 2.24) is 10.2 Å². The fourth-order valence-corrected chi connectivity index (χ4v) is 5.02. The Hall–Kier alpha value is -2.74. The Morgan fingerprint density at radius 3 is 2.59 bits per heavy atom. The Labute approximate surface area is 188 Å². The van der Waals surface area contributed by atoms with Crippen LogP contribution < -0.4 is 10.2 Å². The van der Waals surface area contributed by atoms with Gasteiger partial charge in [-0.1, -0.05) is 36.4 Å². The lowest BCUT2D eigenvalue weighted by molar-refractivity contribution is -0.130. The largest absolute Gasteiger partial charge is 0.379 e. The Morgan fingerprint density at radius 1 is 1.03 bits per heavy atom. The summed E-state index contributed by atoms with van der Waals surface area (Å²) in [7, 11) is 0. The molecule has 7 heteroatoms. The van der Waals surface area contributed by atoms with Gasteiger partial charge in [0.1, 0.15) is 6.10 Å². The zero-order valence-electron chi connectivity index (χ0n) is 18.2.